The Hall–Kier alpha value is -0.770. The van der Waals surface area contributed by atoms with Crippen molar-refractivity contribution in [2.75, 3.05) is 14.1 Å². The van der Waals surface area contributed by atoms with Gasteiger partial charge in [-0.1, -0.05) is 23.7 Å². The van der Waals surface area contributed by atoms with Crippen LogP contribution in [0.3, 0.4) is 0 Å². The molecule has 5 heteroatoms. The van der Waals surface area contributed by atoms with Gasteiger partial charge in [0, 0.05) is 20.5 Å². The minimum atomic E-state index is -0.524. The molecule has 0 spiro atoms. The van der Waals surface area contributed by atoms with Gasteiger partial charge in [-0.2, -0.15) is 0 Å². The normalized spacial score (nSPS) is 11.2. The molecule has 12 heavy (non-hydrogen) atoms. The second-order valence-corrected chi connectivity index (χ2v) is 2.91. The van der Waals surface area contributed by atoms with E-state index in [1.807, 2.05) is 6.92 Å². The fourth-order valence-corrected chi connectivity index (χ4v) is 0.646. The van der Waals surface area contributed by atoms with E-state index in [-0.39, 0.29) is 0 Å². The number of carbonyl (C=O) groups is 1. The molecule has 0 saturated carbocycles. The summed E-state index contributed by atoms with van der Waals surface area (Å²) in [6, 6.07) is 0. The molecule has 1 amide bonds. The van der Waals surface area contributed by atoms with Crippen molar-refractivity contribution in [3.63, 3.8) is 0 Å². The molecule has 4 nitrogen and oxygen atoms in total. The summed E-state index contributed by atoms with van der Waals surface area (Å²) in [7, 11) is 3.15. The first-order chi connectivity index (χ1) is 5.57. The van der Waals surface area contributed by atoms with Crippen molar-refractivity contribution in [1.29, 1.82) is 0 Å². The minimum absolute atomic E-state index is 0.313. The van der Waals surface area contributed by atoms with E-state index in [0.717, 1.165) is 6.42 Å². The minimum Gasteiger partial charge on any atom is -0.312 e. The zero-order valence-electron chi connectivity index (χ0n) is 7.50. The van der Waals surface area contributed by atoms with Crippen molar-refractivity contribution < 1.29 is 9.63 Å². The summed E-state index contributed by atoms with van der Waals surface area (Å²) in [4.78, 5) is 16.5. The molecular formula is C7H13ClN2O2. The molecule has 0 aromatic rings. The molecule has 0 aromatic heterocycles. The number of oxime groups is 1. The van der Waals surface area contributed by atoms with E-state index in [0.29, 0.717) is 11.6 Å². The standard InChI is InChI=1S/C7H13ClN2O2/c1-4-5-6(8)9-12-7(11)10(2)3/h4-5H2,1-3H3. The summed E-state index contributed by atoms with van der Waals surface area (Å²) in [6.07, 6.45) is 0.980. The van der Waals surface area contributed by atoms with Crippen molar-refractivity contribution in [2.45, 2.75) is 19.8 Å². The van der Waals surface area contributed by atoms with Crippen LogP contribution >= 0.6 is 11.6 Å². The lowest BCUT2D eigenvalue weighted by Gasteiger charge is -2.05. The maximum absolute atomic E-state index is 10.8. The Balaban J connectivity index is 3.79. The summed E-state index contributed by atoms with van der Waals surface area (Å²) in [5.74, 6) is 0. The molecule has 0 atom stereocenters. The zero-order chi connectivity index (χ0) is 9.56. The van der Waals surface area contributed by atoms with Crippen LogP contribution in [0.5, 0.6) is 0 Å². The maximum Gasteiger partial charge on any atom is 0.435 e. The van der Waals surface area contributed by atoms with Crippen molar-refractivity contribution in [1.82, 2.24) is 4.90 Å². The Morgan fingerprint density at radius 3 is 2.58 bits per heavy atom. The third kappa shape index (κ3) is 4.96. The monoisotopic (exact) mass is 192 g/mol. The van der Waals surface area contributed by atoms with Gasteiger partial charge in [-0.15, -0.1) is 0 Å². The van der Waals surface area contributed by atoms with Gasteiger partial charge in [-0.05, 0) is 6.42 Å². The number of hydrogen-bond acceptors (Lipinski definition) is 3. The molecule has 0 aromatic carbocycles. The van der Waals surface area contributed by atoms with Gasteiger partial charge in [0.25, 0.3) is 0 Å². The van der Waals surface area contributed by atoms with Gasteiger partial charge in [0.1, 0.15) is 5.17 Å². The molecule has 0 aliphatic carbocycles. The topological polar surface area (TPSA) is 41.9 Å². The average molecular weight is 193 g/mol. The van der Waals surface area contributed by atoms with E-state index >= 15 is 0 Å². The predicted octanol–water partition coefficient (Wildman–Crippen LogP) is 2.04. The summed E-state index contributed by atoms with van der Waals surface area (Å²) < 4.78 is 0. The lowest BCUT2D eigenvalue weighted by Crippen LogP contribution is -2.21. The molecule has 0 radical (unpaired) electrons. The number of carbonyl (C=O) groups excluding carboxylic acids is 1. The number of halogens is 1. The average Bonchev–Trinajstić information content (AvgIpc) is 2.00. The molecule has 0 aliphatic rings. The second-order valence-electron chi connectivity index (χ2n) is 2.47. The van der Waals surface area contributed by atoms with Crippen molar-refractivity contribution in [3.05, 3.63) is 0 Å². The third-order valence-corrected chi connectivity index (χ3v) is 1.30. The van der Waals surface area contributed by atoms with Crippen LogP contribution in [0.2, 0.25) is 0 Å². The maximum atomic E-state index is 10.8. The highest BCUT2D eigenvalue weighted by molar-refractivity contribution is 6.65. The van der Waals surface area contributed by atoms with Crippen LogP contribution in [0.4, 0.5) is 4.79 Å². The Labute approximate surface area is 77.1 Å². The van der Waals surface area contributed by atoms with Crippen LogP contribution in [0.15, 0.2) is 5.16 Å². The van der Waals surface area contributed by atoms with Gasteiger partial charge >= 0.3 is 6.09 Å². The van der Waals surface area contributed by atoms with Crippen LogP contribution in [-0.4, -0.2) is 30.3 Å². The van der Waals surface area contributed by atoms with Crippen LogP contribution < -0.4 is 0 Å². The Bertz CT molecular complexity index is 180. The predicted molar refractivity (Wildman–Crippen MR) is 48.4 cm³/mol. The lowest BCUT2D eigenvalue weighted by molar-refractivity contribution is 0.122. The summed E-state index contributed by atoms with van der Waals surface area (Å²) in [5, 5.41) is 3.74. The SMILES string of the molecule is CCCC(Cl)=NOC(=O)N(C)C. The molecule has 0 N–H and O–H groups in total. The van der Waals surface area contributed by atoms with Crippen LogP contribution in [0, 0.1) is 0 Å². The second kappa shape index (κ2) is 5.83. The van der Waals surface area contributed by atoms with Gasteiger partial charge in [0.15, 0.2) is 0 Å². The zero-order valence-corrected chi connectivity index (χ0v) is 8.26. The Kier molecular flexibility index (Phi) is 5.45. The van der Waals surface area contributed by atoms with Crippen LogP contribution in [0.25, 0.3) is 0 Å². The Morgan fingerprint density at radius 2 is 2.17 bits per heavy atom. The van der Waals surface area contributed by atoms with E-state index in [1.165, 1.54) is 4.90 Å². The van der Waals surface area contributed by atoms with E-state index in [9.17, 15) is 4.79 Å². The van der Waals surface area contributed by atoms with Crippen LogP contribution in [-0.2, 0) is 4.84 Å². The summed E-state index contributed by atoms with van der Waals surface area (Å²) in [5.41, 5.74) is 0. The number of rotatable bonds is 3. The van der Waals surface area contributed by atoms with Gasteiger partial charge in [0.2, 0.25) is 0 Å². The fourth-order valence-electron chi connectivity index (χ4n) is 0.422. The van der Waals surface area contributed by atoms with E-state index in [2.05, 4.69) is 9.99 Å². The van der Waals surface area contributed by atoms with Crippen LogP contribution in [0.1, 0.15) is 19.8 Å². The smallest absolute Gasteiger partial charge is 0.312 e. The molecule has 0 rings (SSSR count). The van der Waals surface area contributed by atoms with E-state index < -0.39 is 6.09 Å². The molecule has 0 saturated heterocycles. The molecular weight excluding hydrogens is 180 g/mol. The molecule has 70 valence electrons. The highest BCUT2D eigenvalue weighted by Crippen LogP contribution is 1.98. The number of amides is 1. The molecule has 0 aliphatic heterocycles. The highest BCUT2D eigenvalue weighted by Gasteiger charge is 2.03. The number of hydrogen-bond donors (Lipinski definition) is 0. The fraction of sp³-hybridized carbons (Fsp3) is 0.714. The van der Waals surface area contributed by atoms with Gasteiger partial charge in [-0.3, -0.25) is 4.84 Å². The Morgan fingerprint density at radius 1 is 1.58 bits per heavy atom. The number of nitrogens with zero attached hydrogens (tertiary/aromatic N) is 2. The molecule has 0 unspecified atom stereocenters. The highest BCUT2D eigenvalue weighted by atomic mass is 35.5. The van der Waals surface area contributed by atoms with E-state index in [4.69, 9.17) is 11.6 Å². The van der Waals surface area contributed by atoms with Crippen molar-refractivity contribution in [2.24, 2.45) is 5.16 Å². The first-order valence-corrected chi connectivity index (χ1v) is 4.06. The van der Waals surface area contributed by atoms with Gasteiger partial charge < -0.3 is 4.90 Å². The molecule has 0 bridgehead atoms. The third-order valence-electron chi connectivity index (χ3n) is 1.04. The summed E-state index contributed by atoms with van der Waals surface area (Å²) in [6.45, 7) is 1.96. The van der Waals surface area contributed by atoms with Gasteiger partial charge in [0.05, 0.1) is 0 Å². The first-order valence-electron chi connectivity index (χ1n) is 3.68. The lowest BCUT2D eigenvalue weighted by atomic mass is 10.4. The van der Waals surface area contributed by atoms with Crippen molar-refractivity contribution >= 4 is 22.9 Å². The summed E-state index contributed by atoms with van der Waals surface area (Å²) >= 11 is 5.58. The van der Waals surface area contributed by atoms with Gasteiger partial charge in [-0.25, -0.2) is 4.79 Å². The molecule has 0 fully saturated rings. The first kappa shape index (κ1) is 11.2. The molecule has 0 heterocycles. The van der Waals surface area contributed by atoms with Crippen molar-refractivity contribution in [3.8, 4) is 0 Å². The quantitative estimate of drug-likeness (QED) is 0.390. The van der Waals surface area contributed by atoms with E-state index in [1.54, 1.807) is 14.1 Å². The largest absolute Gasteiger partial charge is 0.435 e.